The average Bonchev–Trinajstić information content (AvgIpc) is 2.70. The van der Waals surface area contributed by atoms with Gasteiger partial charge in [-0.1, -0.05) is 27.2 Å². The van der Waals surface area contributed by atoms with Crippen LogP contribution in [0.2, 0.25) is 0 Å². The molecule has 0 saturated heterocycles. The standard InChI is InChI=1S/C10H6Br2FNO/c11-5-7-4-10(14-15-7)6-1-2-8(12)9(13)3-6/h1-4H,5H2. The molecule has 0 N–H and O–H groups in total. The Bertz CT molecular complexity index is 484. The minimum Gasteiger partial charge on any atom is -0.360 e. The molecule has 0 amide bonds. The van der Waals surface area contributed by atoms with Crippen molar-refractivity contribution in [3.05, 3.63) is 40.3 Å². The molecule has 5 heteroatoms. The molecular weight excluding hydrogens is 329 g/mol. The van der Waals surface area contributed by atoms with E-state index in [2.05, 4.69) is 37.0 Å². The molecule has 1 aromatic carbocycles. The molecule has 0 saturated carbocycles. The Balaban J connectivity index is 2.40. The monoisotopic (exact) mass is 333 g/mol. The molecule has 0 aliphatic heterocycles. The lowest BCUT2D eigenvalue weighted by Gasteiger charge is -1.97. The molecule has 0 atom stereocenters. The Kier molecular flexibility index (Phi) is 3.21. The zero-order valence-corrected chi connectivity index (χ0v) is 10.7. The summed E-state index contributed by atoms with van der Waals surface area (Å²) < 4.78 is 18.7. The largest absolute Gasteiger partial charge is 0.360 e. The van der Waals surface area contributed by atoms with E-state index in [9.17, 15) is 4.39 Å². The van der Waals surface area contributed by atoms with Gasteiger partial charge in [-0.3, -0.25) is 0 Å². The van der Waals surface area contributed by atoms with E-state index in [0.717, 1.165) is 0 Å². The maximum Gasteiger partial charge on any atom is 0.147 e. The molecule has 2 aromatic rings. The van der Waals surface area contributed by atoms with Crippen LogP contribution in [0.4, 0.5) is 4.39 Å². The molecule has 0 bridgehead atoms. The van der Waals surface area contributed by atoms with Crippen LogP contribution in [0, 0.1) is 5.82 Å². The van der Waals surface area contributed by atoms with Crippen molar-refractivity contribution in [1.82, 2.24) is 5.16 Å². The van der Waals surface area contributed by atoms with E-state index in [1.54, 1.807) is 18.2 Å². The van der Waals surface area contributed by atoms with E-state index in [1.165, 1.54) is 6.07 Å². The average molecular weight is 335 g/mol. The molecule has 0 unspecified atom stereocenters. The lowest BCUT2D eigenvalue weighted by atomic mass is 10.1. The summed E-state index contributed by atoms with van der Waals surface area (Å²) in [5.41, 5.74) is 1.34. The second kappa shape index (κ2) is 4.45. The summed E-state index contributed by atoms with van der Waals surface area (Å²) in [6, 6.07) is 6.62. The van der Waals surface area contributed by atoms with Gasteiger partial charge in [0, 0.05) is 11.6 Å². The van der Waals surface area contributed by atoms with Gasteiger partial charge in [0.2, 0.25) is 0 Å². The number of rotatable bonds is 2. The minimum atomic E-state index is -0.309. The van der Waals surface area contributed by atoms with Crippen LogP contribution in [0.3, 0.4) is 0 Å². The van der Waals surface area contributed by atoms with E-state index in [-0.39, 0.29) is 5.82 Å². The van der Waals surface area contributed by atoms with Crippen LogP contribution < -0.4 is 0 Å². The third-order valence-corrected chi connectivity index (χ3v) is 3.10. The van der Waals surface area contributed by atoms with Crippen LogP contribution in [0.25, 0.3) is 11.3 Å². The molecule has 0 fully saturated rings. The third kappa shape index (κ3) is 2.29. The van der Waals surface area contributed by atoms with Crippen molar-refractivity contribution in [3.63, 3.8) is 0 Å². The molecule has 0 spiro atoms. The number of hydrogen-bond acceptors (Lipinski definition) is 2. The summed E-state index contributed by atoms with van der Waals surface area (Å²) in [6.45, 7) is 0. The zero-order chi connectivity index (χ0) is 10.8. The third-order valence-electron chi connectivity index (χ3n) is 1.91. The molecule has 15 heavy (non-hydrogen) atoms. The van der Waals surface area contributed by atoms with E-state index in [1.807, 2.05) is 0 Å². The molecule has 0 aliphatic rings. The summed E-state index contributed by atoms with van der Waals surface area (Å²) >= 11 is 6.35. The smallest absolute Gasteiger partial charge is 0.147 e. The summed E-state index contributed by atoms with van der Waals surface area (Å²) in [4.78, 5) is 0. The molecule has 1 aromatic heterocycles. The fourth-order valence-corrected chi connectivity index (χ4v) is 1.68. The van der Waals surface area contributed by atoms with Gasteiger partial charge in [0.25, 0.3) is 0 Å². The van der Waals surface area contributed by atoms with Gasteiger partial charge in [-0.05, 0) is 28.1 Å². The number of halogens is 3. The number of nitrogens with zero attached hydrogens (tertiary/aromatic N) is 1. The van der Waals surface area contributed by atoms with Crippen LogP contribution in [0.1, 0.15) is 5.76 Å². The van der Waals surface area contributed by atoms with E-state index in [0.29, 0.717) is 26.8 Å². The molecule has 2 rings (SSSR count). The highest BCUT2D eigenvalue weighted by atomic mass is 79.9. The highest BCUT2D eigenvalue weighted by molar-refractivity contribution is 9.10. The summed E-state index contributed by atoms with van der Waals surface area (Å²) in [7, 11) is 0. The first-order chi connectivity index (χ1) is 7.20. The quantitative estimate of drug-likeness (QED) is 0.771. The lowest BCUT2D eigenvalue weighted by Crippen LogP contribution is -1.81. The summed E-state index contributed by atoms with van der Waals surface area (Å²) in [5.74, 6) is 0.407. The maximum atomic E-state index is 13.2. The molecule has 0 aliphatic carbocycles. The number of aromatic nitrogens is 1. The fraction of sp³-hybridized carbons (Fsp3) is 0.100. The van der Waals surface area contributed by atoms with Crippen LogP contribution in [-0.4, -0.2) is 5.16 Å². The predicted molar refractivity (Wildman–Crippen MR) is 62.2 cm³/mol. The Morgan fingerprint density at radius 2 is 2.13 bits per heavy atom. The Hall–Kier alpha value is -0.680. The SMILES string of the molecule is Fc1cc(-c2cc(CBr)on2)ccc1Br. The molecule has 2 nitrogen and oxygen atoms in total. The Morgan fingerprint density at radius 1 is 1.33 bits per heavy atom. The molecule has 0 radical (unpaired) electrons. The summed E-state index contributed by atoms with van der Waals surface area (Å²) in [5, 5.41) is 4.44. The number of benzene rings is 1. The molecular formula is C10H6Br2FNO. The van der Waals surface area contributed by atoms with Gasteiger partial charge in [0.15, 0.2) is 0 Å². The van der Waals surface area contributed by atoms with Crippen molar-refractivity contribution in [2.45, 2.75) is 5.33 Å². The lowest BCUT2D eigenvalue weighted by molar-refractivity contribution is 0.398. The van der Waals surface area contributed by atoms with Crippen molar-refractivity contribution in [2.24, 2.45) is 0 Å². The van der Waals surface area contributed by atoms with Crippen molar-refractivity contribution < 1.29 is 8.91 Å². The highest BCUT2D eigenvalue weighted by Gasteiger charge is 2.07. The molecule has 78 valence electrons. The first-order valence-electron chi connectivity index (χ1n) is 4.17. The molecule has 1 heterocycles. The van der Waals surface area contributed by atoms with E-state index in [4.69, 9.17) is 4.52 Å². The topological polar surface area (TPSA) is 26.0 Å². The van der Waals surface area contributed by atoms with E-state index >= 15 is 0 Å². The van der Waals surface area contributed by atoms with Gasteiger partial charge in [-0.25, -0.2) is 4.39 Å². The van der Waals surface area contributed by atoms with Crippen molar-refractivity contribution in [2.75, 3.05) is 0 Å². The van der Waals surface area contributed by atoms with Crippen LogP contribution in [-0.2, 0) is 5.33 Å². The Labute approximate surface area is 103 Å². The van der Waals surface area contributed by atoms with Gasteiger partial charge in [-0.2, -0.15) is 0 Å². The van der Waals surface area contributed by atoms with Crippen LogP contribution >= 0.6 is 31.9 Å². The van der Waals surface area contributed by atoms with Crippen LogP contribution in [0.5, 0.6) is 0 Å². The van der Waals surface area contributed by atoms with Gasteiger partial charge < -0.3 is 4.52 Å². The summed E-state index contributed by atoms with van der Waals surface area (Å²) in [6.07, 6.45) is 0. The van der Waals surface area contributed by atoms with Gasteiger partial charge in [0.05, 0.1) is 9.80 Å². The van der Waals surface area contributed by atoms with Gasteiger partial charge in [-0.15, -0.1) is 0 Å². The van der Waals surface area contributed by atoms with E-state index < -0.39 is 0 Å². The fourth-order valence-electron chi connectivity index (χ4n) is 1.17. The van der Waals surface area contributed by atoms with Gasteiger partial charge >= 0.3 is 0 Å². The van der Waals surface area contributed by atoms with Crippen molar-refractivity contribution in [3.8, 4) is 11.3 Å². The normalized spacial score (nSPS) is 10.6. The first kappa shape index (κ1) is 10.8. The number of hydrogen-bond donors (Lipinski definition) is 0. The minimum absolute atomic E-state index is 0.309. The van der Waals surface area contributed by atoms with Crippen molar-refractivity contribution >= 4 is 31.9 Å². The van der Waals surface area contributed by atoms with Crippen molar-refractivity contribution in [1.29, 1.82) is 0 Å². The number of alkyl halides is 1. The second-order valence-corrected chi connectivity index (χ2v) is 4.36. The predicted octanol–water partition coefficient (Wildman–Crippen LogP) is 4.14. The first-order valence-corrected chi connectivity index (χ1v) is 6.09. The highest BCUT2D eigenvalue weighted by Crippen LogP contribution is 2.24. The van der Waals surface area contributed by atoms with Crippen LogP contribution in [0.15, 0.2) is 33.3 Å². The second-order valence-electron chi connectivity index (χ2n) is 2.94. The zero-order valence-electron chi connectivity index (χ0n) is 7.51. The maximum absolute atomic E-state index is 13.2. The van der Waals surface area contributed by atoms with Gasteiger partial charge in [0.1, 0.15) is 17.3 Å². The Morgan fingerprint density at radius 3 is 2.73 bits per heavy atom.